The minimum Gasteiger partial charge on any atom is -0.486 e. The molecule has 3 aromatic rings. The number of fused-ring (bicyclic) bond motifs is 1. The zero-order valence-electron chi connectivity index (χ0n) is 15.0. The number of nitrogens with zero attached hydrogens (tertiary/aromatic N) is 3. The van der Waals surface area contributed by atoms with Crippen molar-refractivity contribution in [1.29, 1.82) is 0 Å². The summed E-state index contributed by atoms with van der Waals surface area (Å²) in [5.41, 5.74) is 3.06. The number of likely N-dealkylation sites (tertiary alicyclic amines) is 1. The number of ether oxygens (including phenoxy) is 1. The van der Waals surface area contributed by atoms with E-state index in [-0.39, 0.29) is 5.91 Å². The van der Waals surface area contributed by atoms with Crippen molar-refractivity contribution < 1.29 is 9.53 Å². The van der Waals surface area contributed by atoms with Crippen molar-refractivity contribution >= 4 is 16.9 Å². The van der Waals surface area contributed by atoms with E-state index in [4.69, 9.17) is 9.72 Å². The summed E-state index contributed by atoms with van der Waals surface area (Å²) in [6.07, 6.45) is 2.19. The van der Waals surface area contributed by atoms with Crippen LogP contribution in [-0.4, -0.2) is 33.4 Å². The van der Waals surface area contributed by atoms with Crippen molar-refractivity contribution in [3.05, 3.63) is 59.9 Å². The highest BCUT2D eigenvalue weighted by Gasteiger charge is 2.21. The number of aryl methyl sites for hydroxylation is 1. The third-order valence-corrected chi connectivity index (χ3v) is 4.87. The summed E-state index contributed by atoms with van der Waals surface area (Å²) < 4.78 is 7.91. The predicted octanol–water partition coefficient (Wildman–Crippen LogP) is 3.55. The summed E-state index contributed by atoms with van der Waals surface area (Å²) in [6.45, 7) is 4.42. The largest absolute Gasteiger partial charge is 0.486 e. The predicted molar refractivity (Wildman–Crippen MR) is 101 cm³/mol. The molecule has 134 valence electrons. The van der Waals surface area contributed by atoms with Crippen LogP contribution < -0.4 is 4.74 Å². The molecule has 1 aromatic heterocycles. The van der Waals surface area contributed by atoms with Gasteiger partial charge in [0, 0.05) is 13.1 Å². The maximum atomic E-state index is 12.7. The highest BCUT2D eigenvalue weighted by Crippen LogP contribution is 2.20. The van der Waals surface area contributed by atoms with Gasteiger partial charge in [0.1, 0.15) is 24.7 Å². The van der Waals surface area contributed by atoms with Crippen LogP contribution in [0.1, 0.15) is 24.2 Å². The van der Waals surface area contributed by atoms with Gasteiger partial charge in [0.25, 0.3) is 0 Å². The lowest BCUT2D eigenvalue weighted by Crippen LogP contribution is -2.31. The molecule has 5 heteroatoms. The Bertz CT molecular complexity index is 909. The van der Waals surface area contributed by atoms with Crippen LogP contribution in [0.5, 0.6) is 5.75 Å². The highest BCUT2D eigenvalue weighted by molar-refractivity contribution is 5.81. The second kappa shape index (κ2) is 7.20. The van der Waals surface area contributed by atoms with Crippen molar-refractivity contribution in [2.24, 2.45) is 0 Å². The third-order valence-electron chi connectivity index (χ3n) is 4.87. The van der Waals surface area contributed by atoms with Gasteiger partial charge in [-0.2, -0.15) is 0 Å². The van der Waals surface area contributed by atoms with Gasteiger partial charge in [0.15, 0.2) is 0 Å². The van der Waals surface area contributed by atoms with Crippen LogP contribution in [0.25, 0.3) is 11.0 Å². The molecule has 0 aliphatic carbocycles. The van der Waals surface area contributed by atoms with E-state index in [0.29, 0.717) is 13.2 Å². The molecule has 2 aromatic carbocycles. The van der Waals surface area contributed by atoms with E-state index in [2.05, 4.69) is 0 Å². The third kappa shape index (κ3) is 3.43. The monoisotopic (exact) mass is 349 g/mol. The fraction of sp³-hybridized carbons (Fsp3) is 0.333. The zero-order valence-corrected chi connectivity index (χ0v) is 15.0. The number of rotatable bonds is 5. The van der Waals surface area contributed by atoms with Crippen molar-refractivity contribution in [3.63, 3.8) is 0 Å². The van der Waals surface area contributed by atoms with Crippen LogP contribution in [0.15, 0.2) is 48.5 Å². The molecule has 1 aliphatic rings. The van der Waals surface area contributed by atoms with E-state index < -0.39 is 0 Å². The summed E-state index contributed by atoms with van der Waals surface area (Å²) in [5, 5.41) is 0. The Morgan fingerprint density at radius 3 is 2.58 bits per heavy atom. The summed E-state index contributed by atoms with van der Waals surface area (Å²) in [5.74, 6) is 1.74. The van der Waals surface area contributed by atoms with E-state index in [1.807, 2.05) is 64.9 Å². The van der Waals surface area contributed by atoms with Crippen LogP contribution in [0.2, 0.25) is 0 Å². The molecule has 4 rings (SSSR count). The first-order valence-corrected chi connectivity index (χ1v) is 9.12. The van der Waals surface area contributed by atoms with Crippen LogP contribution in [-0.2, 0) is 17.9 Å². The first kappa shape index (κ1) is 16.6. The maximum Gasteiger partial charge on any atom is 0.242 e. The average Bonchev–Trinajstić information content (AvgIpc) is 3.30. The molecule has 26 heavy (non-hydrogen) atoms. The first-order valence-electron chi connectivity index (χ1n) is 9.12. The average molecular weight is 349 g/mol. The van der Waals surface area contributed by atoms with Gasteiger partial charge in [0.2, 0.25) is 5.91 Å². The second-order valence-electron chi connectivity index (χ2n) is 6.79. The summed E-state index contributed by atoms with van der Waals surface area (Å²) >= 11 is 0. The smallest absolute Gasteiger partial charge is 0.242 e. The molecule has 5 nitrogen and oxygen atoms in total. The zero-order chi connectivity index (χ0) is 17.9. The molecule has 0 spiro atoms. The summed E-state index contributed by atoms with van der Waals surface area (Å²) in [6, 6.07) is 15.9. The molecule has 1 amide bonds. The van der Waals surface area contributed by atoms with Gasteiger partial charge in [-0.15, -0.1) is 0 Å². The number of hydrogen-bond donors (Lipinski definition) is 0. The van der Waals surface area contributed by atoms with Gasteiger partial charge in [-0.25, -0.2) is 4.98 Å². The van der Waals surface area contributed by atoms with E-state index >= 15 is 0 Å². The van der Waals surface area contributed by atoms with Crippen LogP contribution >= 0.6 is 0 Å². The molecule has 1 saturated heterocycles. The highest BCUT2D eigenvalue weighted by atomic mass is 16.5. The number of amides is 1. The van der Waals surface area contributed by atoms with Crippen LogP contribution in [0.3, 0.4) is 0 Å². The molecule has 0 saturated carbocycles. The van der Waals surface area contributed by atoms with Gasteiger partial charge in [-0.3, -0.25) is 4.79 Å². The molecule has 1 fully saturated rings. The molecule has 0 N–H and O–H groups in total. The Balaban J connectivity index is 1.58. The Morgan fingerprint density at radius 2 is 1.81 bits per heavy atom. The van der Waals surface area contributed by atoms with E-state index in [0.717, 1.165) is 48.5 Å². The molecular formula is C21H23N3O2. The molecule has 0 unspecified atom stereocenters. The fourth-order valence-electron chi connectivity index (χ4n) is 3.40. The Labute approximate surface area is 153 Å². The minimum atomic E-state index is 0.155. The quantitative estimate of drug-likeness (QED) is 0.708. The van der Waals surface area contributed by atoms with Crippen molar-refractivity contribution in [2.75, 3.05) is 13.1 Å². The molecule has 0 bridgehead atoms. The first-order chi connectivity index (χ1) is 12.7. The summed E-state index contributed by atoms with van der Waals surface area (Å²) in [4.78, 5) is 19.3. The van der Waals surface area contributed by atoms with Crippen LogP contribution in [0, 0.1) is 6.92 Å². The standard InChI is InChI=1S/C21H23N3O2/c1-16-8-10-17(11-9-16)26-15-20-22-18-6-2-3-7-19(18)24(20)14-21(25)23-12-4-5-13-23/h2-3,6-11H,4-5,12-15H2,1H3. The number of hydrogen-bond acceptors (Lipinski definition) is 3. The normalized spacial score (nSPS) is 14.1. The van der Waals surface area contributed by atoms with E-state index in [9.17, 15) is 4.79 Å². The second-order valence-corrected chi connectivity index (χ2v) is 6.79. The number of carbonyl (C=O) groups is 1. The van der Waals surface area contributed by atoms with Gasteiger partial charge in [-0.1, -0.05) is 29.8 Å². The lowest BCUT2D eigenvalue weighted by atomic mass is 10.2. The lowest BCUT2D eigenvalue weighted by Gasteiger charge is -2.17. The van der Waals surface area contributed by atoms with Crippen molar-refractivity contribution in [2.45, 2.75) is 32.9 Å². The van der Waals surface area contributed by atoms with Gasteiger partial charge < -0.3 is 14.2 Å². The number of benzene rings is 2. The van der Waals surface area contributed by atoms with Crippen LogP contribution in [0.4, 0.5) is 0 Å². The molecule has 1 aliphatic heterocycles. The van der Waals surface area contributed by atoms with E-state index in [1.165, 1.54) is 5.56 Å². The Morgan fingerprint density at radius 1 is 1.08 bits per heavy atom. The lowest BCUT2D eigenvalue weighted by molar-refractivity contribution is -0.130. The number of imidazole rings is 1. The maximum absolute atomic E-state index is 12.7. The Kier molecular flexibility index (Phi) is 4.61. The number of para-hydroxylation sites is 2. The number of aromatic nitrogens is 2. The van der Waals surface area contributed by atoms with Gasteiger partial charge in [-0.05, 0) is 44.0 Å². The van der Waals surface area contributed by atoms with Gasteiger partial charge >= 0.3 is 0 Å². The van der Waals surface area contributed by atoms with E-state index in [1.54, 1.807) is 0 Å². The van der Waals surface area contributed by atoms with Gasteiger partial charge in [0.05, 0.1) is 11.0 Å². The topological polar surface area (TPSA) is 47.4 Å². The molecule has 2 heterocycles. The SMILES string of the molecule is Cc1ccc(OCc2nc3ccccc3n2CC(=O)N2CCCC2)cc1. The van der Waals surface area contributed by atoms with Crippen molar-refractivity contribution in [1.82, 2.24) is 14.5 Å². The fourth-order valence-corrected chi connectivity index (χ4v) is 3.40. The van der Waals surface area contributed by atoms with Crippen molar-refractivity contribution in [3.8, 4) is 5.75 Å². The number of carbonyl (C=O) groups excluding carboxylic acids is 1. The minimum absolute atomic E-state index is 0.155. The summed E-state index contributed by atoms with van der Waals surface area (Å²) in [7, 11) is 0. The Hall–Kier alpha value is -2.82. The molecular weight excluding hydrogens is 326 g/mol. The molecule has 0 radical (unpaired) electrons. The molecule has 0 atom stereocenters.